The molecule has 320 valence electrons. The van der Waals surface area contributed by atoms with Crippen LogP contribution in [0.25, 0.3) is 22.5 Å². The van der Waals surface area contributed by atoms with Gasteiger partial charge in [0.05, 0.1) is 44.9 Å². The third-order valence-electron chi connectivity index (χ3n) is 7.59. The number of anilines is 2. The summed E-state index contributed by atoms with van der Waals surface area (Å²) in [6.07, 6.45) is 9.94. The van der Waals surface area contributed by atoms with Crippen molar-refractivity contribution < 1.29 is 47.7 Å². The molecule has 0 bridgehead atoms. The lowest BCUT2D eigenvalue weighted by Crippen LogP contribution is -2.43. The van der Waals surface area contributed by atoms with Crippen LogP contribution in [0.3, 0.4) is 0 Å². The van der Waals surface area contributed by atoms with Gasteiger partial charge in [-0.2, -0.15) is 0 Å². The van der Waals surface area contributed by atoms with Crippen LogP contribution < -0.4 is 21.7 Å². The molecule has 21 heteroatoms. The molecule has 3 amide bonds. The number of nitrogens with zero attached hydrogens (tertiary/aromatic N) is 4. The lowest BCUT2D eigenvalue weighted by Gasteiger charge is -2.16. The minimum absolute atomic E-state index is 0.216. The minimum atomic E-state index is -0.807. The van der Waals surface area contributed by atoms with Crippen LogP contribution in [0.15, 0.2) is 59.8 Å². The van der Waals surface area contributed by atoms with Gasteiger partial charge in [0.15, 0.2) is 10.3 Å². The molecule has 0 radical (unpaired) electrons. The number of nitrogens with two attached hydrogens (primary N) is 1. The fraction of sp³-hybridized carbons (Fsp3) is 0.421. The third kappa shape index (κ3) is 20.6. The zero-order valence-electron chi connectivity index (χ0n) is 33.1. The second kappa shape index (κ2) is 28.8. The lowest BCUT2D eigenvalue weighted by atomic mass is 10.1. The van der Waals surface area contributed by atoms with Gasteiger partial charge in [0, 0.05) is 71.1 Å². The molecule has 0 fully saturated rings. The van der Waals surface area contributed by atoms with Crippen molar-refractivity contribution in [3.63, 3.8) is 0 Å². The quantitative estimate of drug-likeness (QED) is 0.0336. The number of hydrogen-bond donors (Lipinski definition) is 4. The number of carbonyl (C=O) groups is 6. The maximum absolute atomic E-state index is 12.6. The van der Waals surface area contributed by atoms with Gasteiger partial charge in [-0.3, -0.25) is 29.1 Å². The summed E-state index contributed by atoms with van der Waals surface area (Å²) in [6, 6.07) is 5.93. The molecule has 4 aromatic heterocycles. The number of ether oxygens (including phenoxy) is 4. The monoisotopic (exact) mass is 876 g/mol. The molecular weight excluding hydrogens is 828 g/mol. The highest BCUT2D eigenvalue weighted by molar-refractivity contribution is 7.14. The Morgan fingerprint density at radius 3 is 1.56 bits per heavy atom. The predicted molar refractivity (Wildman–Crippen MR) is 224 cm³/mol. The predicted octanol–water partition coefficient (Wildman–Crippen LogP) is 6.58. The summed E-state index contributed by atoms with van der Waals surface area (Å²) in [5, 5.41) is 12.6. The Labute approximate surface area is 355 Å². The van der Waals surface area contributed by atoms with E-state index in [4.69, 9.17) is 15.2 Å². The summed E-state index contributed by atoms with van der Waals surface area (Å²) in [6.45, 7) is 4.24. The number of nitrogens with one attached hydrogen (secondary N) is 3. The topological polar surface area (TPSA) is 253 Å². The maximum Gasteiger partial charge on any atom is 0.407 e. The van der Waals surface area contributed by atoms with Crippen molar-refractivity contribution in [2.45, 2.75) is 77.3 Å². The van der Waals surface area contributed by atoms with Crippen LogP contribution >= 0.6 is 34.3 Å². The van der Waals surface area contributed by atoms with Crippen molar-refractivity contribution in [2.24, 2.45) is 5.73 Å². The SMILES string of the molecule is CCOC(=O)CCCCC(N)C(=O)Nc1nc(-c2ccncc2)cs1.CCOC(=O)CCCCC(NC(=O)OC)C(=O)Nc1nc(-c2ccncc2)cs1.COC(=O)Cl. The van der Waals surface area contributed by atoms with E-state index < -0.39 is 29.5 Å². The van der Waals surface area contributed by atoms with E-state index in [9.17, 15) is 28.8 Å². The number of unbranched alkanes of at least 4 members (excludes halogenated alkanes) is 2. The second-order valence-corrected chi connectivity index (χ2v) is 13.9. The van der Waals surface area contributed by atoms with Crippen LogP contribution in [-0.4, -0.2) is 94.7 Å². The van der Waals surface area contributed by atoms with E-state index in [1.807, 2.05) is 35.0 Å². The first-order valence-corrected chi connectivity index (χ1v) is 20.5. The van der Waals surface area contributed by atoms with Crippen LogP contribution in [0.2, 0.25) is 0 Å². The van der Waals surface area contributed by atoms with Crippen molar-refractivity contribution >= 4 is 79.8 Å². The molecule has 2 atom stereocenters. The lowest BCUT2D eigenvalue weighted by molar-refractivity contribution is -0.144. The highest BCUT2D eigenvalue weighted by Gasteiger charge is 2.22. The van der Waals surface area contributed by atoms with Crippen molar-refractivity contribution in [3.05, 3.63) is 59.8 Å². The van der Waals surface area contributed by atoms with Crippen LogP contribution in [-0.2, 0) is 38.1 Å². The molecule has 0 aliphatic heterocycles. The molecule has 0 saturated heterocycles. The summed E-state index contributed by atoms with van der Waals surface area (Å²) >= 11 is 7.23. The average Bonchev–Trinajstić information content (AvgIpc) is 3.92. The second-order valence-electron chi connectivity index (χ2n) is 11.9. The molecule has 4 heterocycles. The zero-order chi connectivity index (χ0) is 43.4. The molecule has 0 saturated carbocycles. The van der Waals surface area contributed by atoms with Gasteiger partial charge in [-0.05, 0) is 63.8 Å². The molecule has 0 spiro atoms. The first kappa shape index (κ1) is 49.6. The molecule has 4 rings (SSSR count). The first-order valence-electron chi connectivity index (χ1n) is 18.4. The summed E-state index contributed by atoms with van der Waals surface area (Å²) in [7, 11) is 2.45. The molecule has 2 unspecified atom stereocenters. The Kier molecular flexibility index (Phi) is 24.2. The number of methoxy groups -OCH3 is 2. The number of rotatable bonds is 19. The number of carbonyl (C=O) groups excluding carboxylic acids is 6. The van der Waals surface area contributed by atoms with Gasteiger partial charge in [0.1, 0.15) is 6.04 Å². The Morgan fingerprint density at radius 1 is 0.695 bits per heavy atom. The van der Waals surface area contributed by atoms with Crippen molar-refractivity contribution in [2.75, 3.05) is 38.1 Å². The highest BCUT2D eigenvalue weighted by Crippen LogP contribution is 2.25. The van der Waals surface area contributed by atoms with E-state index in [1.54, 1.807) is 38.6 Å². The van der Waals surface area contributed by atoms with Crippen LogP contribution in [0.5, 0.6) is 0 Å². The van der Waals surface area contributed by atoms with E-state index in [0.717, 1.165) is 22.5 Å². The molecule has 18 nitrogen and oxygen atoms in total. The normalized spacial score (nSPS) is 11.2. The number of halogens is 1. The largest absolute Gasteiger partial charge is 0.466 e. The van der Waals surface area contributed by atoms with Gasteiger partial charge in [-0.25, -0.2) is 19.6 Å². The number of thiazole rings is 2. The molecule has 4 aromatic rings. The Hall–Kier alpha value is -5.57. The van der Waals surface area contributed by atoms with Crippen LogP contribution in [0.1, 0.15) is 65.2 Å². The number of alkyl carbamates (subject to hydrolysis) is 1. The molecule has 59 heavy (non-hydrogen) atoms. The van der Waals surface area contributed by atoms with Gasteiger partial charge < -0.3 is 40.6 Å². The van der Waals surface area contributed by atoms with Gasteiger partial charge >= 0.3 is 23.5 Å². The minimum Gasteiger partial charge on any atom is -0.466 e. The van der Waals surface area contributed by atoms with Crippen molar-refractivity contribution in [1.29, 1.82) is 0 Å². The fourth-order valence-electron chi connectivity index (χ4n) is 4.68. The number of hydrogen-bond acceptors (Lipinski definition) is 17. The van der Waals surface area contributed by atoms with Gasteiger partial charge in [-0.15, -0.1) is 22.7 Å². The van der Waals surface area contributed by atoms with Crippen molar-refractivity contribution in [3.8, 4) is 22.5 Å². The van der Waals surface area contributed by atoms with Gasteiger partial charge in [-0.1, -0.05) is 12.8 Å². The Morgan fingerprint density at radius 2 is 1.14 bits per heavy atom. The summed E-state index contributed by atoms with van der Waals surface area (Å²) in [5.41, 5.74) is 8.46. The van der Waals surface area contributed by atoms with E-state index in [1.165, 1.54) is 36.9 Å². The van der Waals surface area contributed by atoms with E-state index in [2.05, 4.69) is 57.0 Å². The van der Waals surface area contributed by atoms with Gasteiger partial charge in [0.2, 0.25) is 11.8 Å². The number of amides is 3. The first-order chi connectivity index (χ1) is 28.4. The zero-order valence-corrected chi connectivity index (χ0v) is 35.5. The van der Waals surface area contributed by atoms with Crippen LogP contribution in [0, 0.1) is 0 Å². The number of pyridine rings is 2. The molecule has 0 aliphatic carbocycles. The van der Waals surface area contributed by atoms with E-state index >= 15 is 0 Å². The standard InChI is InChI=1S/C19H24N4O5S.C17H22N4O3S.C2H3ClO2/c1-3-28-16(24)7-5-4-6-14(22-19(26)27-2)17(25)23-18-21-15(12-29-18)13-8-10-20-11-9-13;1-2-24-15(22)6-4-3-5-13(18)16(23)21-17-20-14(11-25-17)12-7-9-19-10-8-12;1-5-2(3)4/h8-12,14H,3-7H2,1-2H3,(H,22,26)(H,21,23,25);7-11,13H,2-6,18H2,1H3,(H,20,21,23);1H3. The van der Waals surface area contributed by atoms with Crippen molar-refractivity contribution in [1.82, 2.24) is 25.3 Å². The number of esters is 2. The van der Waals surface area contributed by atoms with E-state index in [-0.39, 0.29) is 24.3 Å². The smallest absolute Gasteiger partial charge is 0.407 e. The summed E-state index contributed by atoms with van der Waals surface area (Å²) < 4.78 is 18.2. The Bertz CT molecular complexity index is 1890. The molecule has 5 N–H and O–H groups in total. The fourth-order valence-corrected chi connectivity index (χ4v) is 6.13. The summed E-state index contributed by atoms with van der Waals surface area (Å²) in [4.78, 5) is 85.0. The summed E-state index contributed by atoms with van der Waals surface area (Å²) in [5.74, 6) is -1.17. The Balaban J connectivity index is 0.000000368. The van der Waals surface area contributed by atoms with E-state index in [0.29, 0.717) is 68.4 Å². The molecule has 0 aromatic carbocycles. The van der Waals surface area contributed by atoms with Gasteiger partial charge in [0.25, 0.3) is 0 Å². The molecular formula is C38H49ClN8O10S2. The van der Waals surface area contributed by atoms with Crippen LogP contribution in [0.4, 0.5) is 19.9 Å². The average molecular weight is 877 g/mol. The third-order valence-corrected chi connectivity index (χ3v) is 9.26. The maximum atomic E-state index is 12.6. The molecule has 0 aliphatic rings. The number of aromatic nitrogens is 4. The highest BCUT2D eigenvalue weighted by atomic mass is 35.5.